The van der Waals surface area contributed by atoms with Crippen LogP contribution in [0.2, 0.25) is 5.02 Å². The standard InChI is InChI=1S/C32H42ClN3O3/c33-27-14-13-26(23-28(27)35-18-6-1-7-19-35)31(38)36-20-16-32(17-21-36)15-5-4-10-25-9-2-3-11-29(25)39-22-8-12-30(37)34-24-32/h2-3,9,11,13-14,23H,1,4-8,10,12,15-22,24H2,(H,34,37). The number of carbonyl (C=O) groups is 2. The van der Waals surface area contributed by atoms with E-state index in [0.29, 0.717) is 39.1 Å². The van der Waals surface area contributed by atoms with Gasteiger partial charge in [0, 0.05) is 44.7 Å². The summed E-state index contributed by atoms with van der Waals surface area (Å²) in [6.45, 7) is 4.66. The Labute approximate surface area is 238 Å². The fourth-order valence-electron chi connectivity index (χ4n) is 6.36. The number of amides is 2. The molecule has 1 N–H and O–H groups in total. The van der Waals surface area contributed by atoms with Crippen molar-refractivity contribution in [3.8, 4) is 5.75 Å². The molecule has 0 radical (unpaired) electrons. The van der Waals surface area contributed by atoms with Crippen molar-refractivity contribution in [2.45, 2.75) is 70.6 Å². The van der Waals surface area contributed by atoms with Crippen LogP contribution < -0.4 is 15.0 Å². The Morgan fingerprint density at radius 3 is 2.49 bits per heavy atom. The van der Waals surface area contributed by atoms with Gasteiger partial charge in [0.25, 0.3) is 5.91 Å². The predicted molar refractivity (Wildman–Crippen MR) is 157 cm³/mol. The lowest BCUT2D eigenvalue weighted by molar-refractivity contribution is -0.122. The van der Waals surface area contributed by atoms with Crippen LogP contribution >= 0.6 is 11.6 Å². The minimum absolute atomic E-state index is 0.0333. The molecule has 2 saturated heterocycles. The van der Waals surface area contributed by atoms with Gasteiger partial charge in [-0.1, -0.05) is 36.2 Å². The summed E-state index contributed by atoms with van der Waals surface area (Å²) in [6.07, 6.45) is 10.8. The number of nitrogens with one attached hydrogen (secondary N) is 1. The first-order valence-corrected chi connectivity index (χ1v) is 15.2. The third-order valence-corrected chi connectivity index (χ3v) is 9.16. The molecule has 3 aliphatic rings. The quantitative estimate of drug-likeness (QED) is 0.479. The van der Waals surface area contributed by atoms with Crippen LogP contribution in [0.1, 0.15) is 80.1 Å². The molecule has 3 aliphatic heterocycles. The second-order valence-corrected chi connectivity index (χ2v) is 12.0. The maximum atomic E-state index is 13.5. The lowest BCUT2D eigenvalue weighted by Crippen LogP contribution is -2.48. The third kappa shape index (κ3) is 7.08. The van der Waals surface area contributed by atoms with E-state index >= 15 is 0 Å². The zero-order valence-electron chi connectivity index (χ0n) is 23.1. The van der Waals surface area contributed by atoms with Gasteiger partial charge in [0.1, 0.15) is 5.75 Å². The number of halogens is 1. The van der Waals surface area contributed by atoms with Crippen molar-refractivity contribution in [1.29, 1.82) is 0 Å². The first-order chi connectivity index (χ1) is 19.0. The smallest absolute Gasteiger partial charge is 0.253 e. The van der Waals surface area contributed by atoms with Crippen molar-refractivity contribution in [2.75, 3.05) is 44.2 Å². The van der Waals surface area contributed by atoms with Crippen molar-refractivity contribution >= 4 is 29.1 Å². The average molecular weight is 552 g/mol. The molecule has 2 aromatic rings. The minimum Gasteiger partial charge on any atom is -0.493 e. The number of fused-ring (bicyclic) bond motifs is 1. The number of nitrogens with zero attached hydrogens (tertiary/aromatic N) is 2. The summed E-state index contributed by atoms with van der Waals surface area (Å²) < 4.78 is 5.98. The van der Waals surface area contributed by atoms with Crippen molar-refractivity contribution < 1.29 is 14.3 Å². The summed E-state index contributed by atoms with van der Waals surface area (Å²) in [5.41, 5.74) is 2.99. The van der Waals surface area contributed by atoms with E-state index in [9.17, 15) is 9.59 Å². The number of anilines is 1. The molecule has 2 aromatic carbocycles. The van der Waals surface area contributed by atoms with Gasteiger partial charge in [0.2, 0.25) is 5.91 Å². The van der Waals surface area contributed by atoms with Crippen LogP contribution in [-0.4, -0.2) is 56.0 Å². The minimum atomic E-state index is 0.0333. The first kappa shape index (κ1) is 27.8. The number of hydrogen-bond donors (Lipinski definition) is 1. The number of piperidine rings is 2. The highest BCUT2D eigenvalue weighted by atomic mass is 35.5. The second-order valence-electron chi connectivity index (χ2n) is 11.5. The SMILES string of the molecule is O=C1CCCOc2ccccc2CCCCC2(CCN(C(=O)c3ccc(Cl)c(N4CCCCC4)c3)CC2)CN1. The highest BCUT2D eigenvalue weighted by Crippen LogP contribution is 2.38. The number of rotatable bonds is 2. The Kier molecular flexibility index (Phi) is 9.33. The van der Waals surface area contributed by atoms with Crippen LogP contribution in [0.5, 0.6) is 5.75 Å². The van der Waals surface area contributed by atoms with Crippen molar-refractivity contribution in [1.82, 2.24) is 10.2 Å². The van der Waals surface area contributed by atoms with Crippen LogP contribution in [-0.2, 0) is 11.2 Å². The van der Waals surface area contributed by atoms with Gasteiger partial charge in [-0.2, -0.15) is 0 Å². The van der Waals surface area contributed by atoms with Crippen LogP contribution in [0.25, 0.3) is 0 Å². The van der Waals surface area contributed by atoms with Crippen LogP contribution in [0.15, 0.2) is 42.5 Å². The number of benzene rings is 2. The molecule has 1 spiro atoms. The van der Waals surface area contributed by atoms with Crippen molar-refractivity contribution in [3.63, 3.8) is 0 Å². The molecule has 0 atom stereocenters. The van der Waals surface area contributed by atoms with Gasteiger partial charge in [0.05, 0.1) is 17.3 Å². The van der Waals surface area contributed by atoms with Gasteiger partial charge in [-0.25, -0.2) is 0 Å². The summed E-state index contributed by atoms with van der Waals surface area (Å²) in [7, 11) is 0. The highest BCUT2D eigenvalue weighted by Gasteiger charge is 2.36. The number of ether oxygens (including phenoxy) is 1. The number of hydrogen-bond acceptors (Lipinski definition) is 4. The monoisotopic (exact) mass is 551 g/mol. The van der Waals surface area contributed by atoms with E-state index in [0.717, 1.165) is 73.6 Å². The Morgan fingerprint density at radius 1 is 0.872 bits per heavy atom. The Bertz CT molecular complexity index is 1140. The molecule has 39 heavy (non-hydrogen) atoms. The molecule has 2 fully saturated rings. The average Bonchev–Trinajstić information content (AvgIpc) is 2.97. The number of para-hydroxylation sites is 1. The molecule has 3 heterocycles. The van der Waals surface area contributed by atoms with E-state index in [4.69, 9.17) is 16.3 Å². The van der Waals surface area contributed by atoms with E-state index in [1.807, 2.05) is 35.2 Å². The van der Waals surface area contributed by atoms with Gasteiger partial charge in [-0.15, -0.1) is 0 Å². The first-order valence-electron chi connectivity index (χ1n) is 14.8. The molecule has 0 unspecified atom stereocenters. The molecular formula is C32H42ClN3O3. The molecule has 5 rings (SSSR count). The highest BCUT2D eigenvalue weighted by molar-refractivity contribution is 6.33. The van der Waals surface area contributed by atoms with E-state index in [-0.39, 0.29) is 17.2 Å². The second kappa shape index (κ2) is 13.1. The van der Waals surface area contributed by atoms with E-state index < -0.39 is 0 Å². The maximum absolute atomic E-state index is 13.5. The predicted octanol–water partition coefficient (Wildman–Crippen LogP) is 6.25. The fraction of sp³-hybridized carbons (Fsp3) is 0.562. The molecule has 7 heteroatoms. The lowest BCUT2D eigenvalue weighted by atomic mass is 9.74. The van der Waals surface area contributed by atoms with E-state index in [1.54, 1.807) is 0 Å². The molecule has 0 aliphatic carbocycles. The topological polar surface area (TPSA) is 61.9 Å². The number of carbonyl (C=O) groups excluding carboxylic acids is 2. The van der Waals surface area contributed by atoms with E-state index in [2.05, 4.69) is 22.3 Å². The summed E-state index contributed by atoms with van der Waals surface area (Å²) in [6, 6.07) is 14.0. The molecule has 0 aromatic heterocycles. The van der Waals surface area contributed by atoms with Gasteiger partial charge in [-0.3, -0.25) is 9.59 Å². The molecule has 2 amide bonds. The Balaban J connectivity index is 1.23. The number of likely N-dealkylation sites (tertiary alicyclic amines) is 1. The summed E-state index contributed by atoms with van der Waals surface area (Å²) in [4.78, 5) is 30.5. The third-order valence-electron chi connectivity index (χ3n) is 8.84. The van der Waals surface area contributed by atoms with Gasteiger partial charge >= 0.3 is 0 Å². The van der Waals surface area contributed by atoms with Gasteiger partial charge in [0.15, 0.2) is 0 Å². The number of aryl methyl sites for hydroxylation is 1. The van der Waals surface area contributed by atoms with E-state index in [1.165, 1.54) is 24.8 Å². The van der Waals surface area contributed by atoms with Crippen molar-refractivity contribution in [3.05, 3.63) is 58.6 Å². The lowest BCUT2D eigenvalue weighted by Gasteiger charge is -2.42. The van der Waals surface area contributed by atoms with Crippen molar-refractivity contribution in [2.24, 2.45) is 5.41 Å². The van der Waals surface area contributed by atoms with Gasteiger partial charge in [-0.05, 0) is 93.0 Å². The molecule has 0 saturated carbocycles. The Morgan fingerprint density at radius 2 is 1.67 bits per heavy atom. The molecular weight excluding hydrogens is 510 g/mol. The molecule has 0 bridgehead atoms. The van der Waals surface area contributed by atoms with Crippen LogP contribution in [0.3, 0.4) is 0 Å². The summed E-state index contributed by atoms with van der Waals surface area (Å²) >= 11 is 6.54. The molecule has 6 nitrogen and oxygen atoms in total. The zero-order valence-corrected chi connectivity index (χ0v) is 23.8. The fourth-order valence-corrected chi connectivity index (χ4v) is 6.60. The normalized spacial score (nSPS) is 20.9. The van der Waals surface area contributed by atoms with Gasteiger partial charge < -0.3 is 19.9 Å². The Hall–Kier alpha value is -2.73. The molecule has 210 valence electrons. The van der Waals surface area contributed by atoms with Crippen LogP contribution in [0, 0.1) is 5.41 Å². The van der Waals surface area contributed by atoms with Crippen LogP contribution in [0.4, 0.5) is 5.69 Å². The largest absolute Gasteiger partial charge is 0.493 e. The summed E-state index contributed by atoms with van der Waals surface area (Å²) in [5, 5.41) is 3.94. The zero-order chi connectivity index (χ0) is 27.1. The summed E-state index contributed by atoms with van der Waals surface area (Å²) in [5.74, 6) is 1.12. The maximum Gasteiger partial charge on any atom is 0.253 e.